The maximum absolute atomic E-state index is 10.8. The summed E-state index contributed by atoms with van der Waals surface area (Å²) in [6.45, 7) is 0.471. The molecule has 0 unspecified atom stereocenters. The van der Waals surface area contributed by atoms with Gasteiger partial charge in [-0.1, -0.05) is 0 Å². The van der Waals surface area contributed by atoms with Gasteiger partial charge in [-0.05, 0) is 0 Å². The monoisotopic (exact) mass is 158 g/mol. The molecule has 1 atom stereocenters. The lowest BCUT2D eigenvalue weighted by atomic mass is 10.2. The zero-order valence-corrected chi connectivity index (χ0v) is 6.22. The zero-order valence-electron chi connectivity index (χ0n) is 6.22. The van der Waals surface area contributed by atoms with Gasteiger partial charge in [0.1, 0.15) is 6.04 Å². The molecular weight excluding hydrogens is 148 g/mol. The third kappa shape index (κ3) is 1.91. The van der Waals surface area contributed by atoms with Crippen molar-refractivity contribution in [3.8, 4) is 0 Å². The van der Waals surface area contributed by atoms with Crippen molar-refractivity contribution in [3.05, 3.63) is 0 Å². The van der Waals surface area contributed by atoms with Gasteiger partial charge in [0.25, 0.3) is 5.91 Å². The fraction of sp³-hybridized carbons (Fsp3) is 0.667. The van der Waals surface area contributed by atoms with Crippen LogP contribution < -0.4 is 10.6 Å². The van der Waals surface area contributed by atoms with Crippen LogP contribution in [-0.2, 0) is 9.53 Å². The summed E-state index contributed by atoms with van der Waals surface area (Å²) in [5.74, 6) is -0.271. The van der Waals surface area contributed by atoms with E-state index in [1.807, 2.05) is 0 Å². The molecule has 1 heterocycles. The lowest BCUT2D eigenvalue weighted by molar-refractivity contribution is -0.120. The number of rotatable bonds is 3. The third-order valence-electron chi connectivity index (χ3n) is 1.47. The molecule has 0 aromatic heterocycles. The van der Waals surface area contributed by atoms with Crippen LogP contribution in [0.25, 0.3) is 0 Å². The highest BCUT2D eigenvalue weighted by molar-refractivity contribution is 6.04. The lowest BCUT2D eigenvalue weighted by Crippen LogP contribution is -2.29. The van der Waals surface area contributed by atoms with Gasteiger partial charge in [-0.2, -0.15) is 0 Å². The molecule has 0 radical (unpaired) electrons. The first-order valence-electron chi connectivity index (χ1n) is 3.34. The Labute approximate surface area is 64.1 Å². The molecule has 11 heavy (non-hydrogen) atoms. The Bertz CT molecular complexity index is 181. The molecule has 1 aliphatic rings. The number of ether oxygens (including phenoxy) is 1. The van der Waals surface area contributed by atoms with Crippen LogP contribution in [0.1, 0.15) is 6.42 Å². The van der Waals surface area contributed by atoms with Gasteiger partial charge in [0.2, 0.25) is 0 Å². The number of carbonyl (C=O) groups excluding carboxylic acids is 2. The molecule has 1 saturated heterocycles. The van der Waals surface area contributed by atoms with Crippen LogP contribution in [0, 0.1) is 0 Å². The van der Waals surface area contributed by atoms with E-state index in [2.05, 4.69) is 10.6 Å². The maximum Gasteiger partial charge on any atom is 0.322 e. The Balaban J connectivity index is 2.34. The van der Waals surface area contributed by atoms with Crippen LogP contribution in [0.2, 0.25) is 0 Å². The Hall–Kier alpha value is -1.10. The predicted octanol–water partition coefficient (Wildman–Crippen LogP) is -0.769. The number of nitrogens with one attached hydrogen (secondary N) is 2. The zero-order chi connectivity index (χ0) is 8.27. The SMILES string of the molecule is COCC[C@@H]1NC(=O)NC1=O. The minimum Gasteiger partial charge on any atom is -0.385 e. The van der Waals surface area contributed by atoms with E-state index < -0.39 is 12.1 Å². The second-order valence-corrected chi connectivity index (χ2v) is 2.30. The molecule has 5 heteroatoms. The summed E-state index contributed by atoms with van der Waals surface area (Å²) < 4.78 is 4.76. The van der Waals surface area contributed by atoms with Gasteiger partial charge in [0.15, 0.2) is 0 Å². The summed E-state index contributed by atoms with van der Waals surface area (Å²) in [5, 5.41) is 4.59. The van der Waals surface area contributed by atoms with Crippen molar-refractivity contribution >= 4 is 11.9 Å². The van der Waals surface area contributed by atoms with E-state index in [1.165, 1.54) is 0 Å². The van der Waals surface area contributed by atoms with Crippen LogP contribution in [0.15, 0.2) is 0 Å². The van der Waals surface area contributed by atoms with Crippen LogP contribution in [-0.4, -0.2) is 31.7 Å². The first kappa shape index (κ1) is 8.00. The second-order valence-electron chi connectivity index (χ2n) is 2.30. The molecule has 0 aromatic rings. The molecule has 62 valence electrons. The minimum atomic E-state index is -0.420. The number of urea groups is 1. The fourth-order valence-corrected chi connectivity index (χ4v) is 0.898. The molecule has 0 aliphatic carbocycles. The molecule has 0 bridgehead atoms. The molecular formula is C6H10N2O3. The highest BCUT2D eigenvalue weighted by Crippen LogP contribution is 1.97. The van der Waals surface area contributed by atoms with E-state index in [1.54, 1.807) is 7.11 Å². The van der Waals surface area contributed by atoms with Crippen LogP contribution in [0.4, 0.5) is 4.79 Å². The topological polar surface area (TPSA) is 67.4 Å². The van der Waals surface area contributed by atoms with Gasteiger partial charge >= 0.3 is 6.03 Å². The van der Waals surface area contributed by atoms with Crippen molar-refractivity contribution in [2.24, 2.45) is 0 Å². The van der Waals surface area contributed by atoms with Gasteiger partial charge in [0, 0.05) is 20.1 Å². The number of hydrogen-bond acceptors (Lipinski definition) is 3. The van der Waals surface area contributed by atoms with Gasteiger partial charge in [-0.25, -0.2) is 4.79 Å². The average molecular weight is 158 g/mol. The second kappa shape index (κ2) is 3.34. The standard InChI is InChI=1S/C6H10N2O3/c1-11-3-2-4-5(9)8-6(10)7-4/h4H,2-3H2,1H3,(H2,7,8,9,10)/t4-/m0/s1. The van der Waals surface area contributed by atoms with Crippen molar-refractivity contribution in [2.75, 3.05) is 13.7 Å². The van der Waals surface area contributed by atoms with E-state index in [-0.39, 0.29) is 5.91 Å². The van der Waals surface area contributed by atoms with Crippen molar-refractivity contribution in [2.45, 2.75) is 12.5 Å². The van der Waals surface area contributed by atoms with E-state index in [0.717, 1.165) is 0 Å². The van der Waals surface area contributed by atoms with Gasteiger partial charge in [-0.3, -0.25) is 10.1 Å². The number of methoxy groups -OCH3 is 1. The first-order valence-corrected chi connectivity index (χ1v) is 3.34. The molecule has 1 rings (SSSR count). The van der Waals surface area contributed by atoms with E-state index >= 15 is 0 Å². The highest BCUT2D eigenvalue weighted by Gasteiger charge is 2.28. The van der Waals surface area contributed by atoms with Gasteiger partial charge in [0.05, 0.1) is 0 Å². The Kier molecular flexibility index (Phi) is 2.43. The molecule has 1 aliphatic heterocycles. The van der Waals surface area contributed by atoms with Crippen LogP contribution in [0.5, 0.6) is 0 Å². The Morgan fingerprint density at radius 2 is 2.27 bits per heavy atom. The van der Waals surface area contributed by atoms with Crippen molar-refractivity contribution in [1.82, 2.24) is 10.6 Å². The number of hydrogen-bond donors (Lipinski definition) is 2. The lowest BCUT2D eigenvalue weighted by Gasteiger charge is -2.04. The maximum atomic E-state index is 10.8. The smallest absolute Gasteiger partial charge is 0.322 e. The molecule has 2 N–H and O–H groups in total. The Morgan fingerprint density at radius 3 is 2.73 bits per heavy atom. The quantitative estimate of drug-likeness (QED) is 0.530. The fourth-order valence-electron chi connectivity index (χ4n) is 0.898. The summed E-state index contributed by atoms with van der Waals surface area (Å²) in [5.41, 5.74) is 0. The molecule has 0 aromatic carbocycles. The van der Waals surface area contributed by atoms with Gasteiger partial charge < -0.3 is 10.1 Å². The van der Waals surface area contributed by atoms with Crippen molar-refractivity contribution in [1.29, 1.82) is 0 Å². The molecule has 3 amide bonds. The van der Waals surface area contributed by atoms with Crippen LogP contribution in [0.3, 0.4) is 0 Å². The number of imide groups is 1. The first-order chi connectivity index (χ1) is 5.24. The highest BCUT2D eigenvalue weighted by atomic mass is 16.5. The molecule has 0 spiro atoms. The molecule has 1 fully saturated rings. The average Bonchev–Trinajstić information content (AvgIpc) is 2.26. The van der Waals surface area contributed by atoms with E-state index in [4.69, 9.17) is 4.74 Å². The summed E-state index contributed by atoms with van der Waals surface area (Å²) in [6.07, 6.45) is 0.522. The summed E-state index contributed by atoms with van der Waals surface area (Å²) in [4.78, 5) is 21.4. The van der Waals surface area contributed by atoms with Crippen molar-refractivity contribution < 1.29 is 14.3 Å². The molecule has 5 nitrogen and oxygen atoms in total. The number of carbonyl (C=O) groups is 2. The number of amides is 3. The van der Waals surface area contributed by atoms with Crippen LogP contribution >= 0.6 is 0 Å². The summed E-state index contributed by atoms with van der Waals surface area (Å²) in [6, 6.07) is -0.835. The van der Waals surface area contributed by atoms with E-state index in [0.29, 0.717) is 13.0 Å². The third-order valence-corrected chi connectivity index (χ3v) is 1.47. The Morgan fingerprint density at radius 1 is 1.55 bits per heavy atom. The summed E-state index contributed by atoms with van der Waals surface area (Å²) in [7, 11) is 1.55. The normalized spacial score (nSPS) is 23.2. The largest absolute Gasteiger partial charge is 0.385 e. The molecule has 0 saturated carbocycles. The minimum absolute atomic E-state index is 0.271. The van der Waals surface area contributed by atoms with Crippen molar-refractivity contribution in [3.63, 3.8) is 0 Å². The van der Waals surface area contributed by atoms with E-state index in [9.17, 15) is 9.59 Å². The van der Waals surface area contributed by atoms with Gasteiger partial charge in [-0.15, -0.1) is 0 Å². The predicted molar refractivity (Wildman–Crippen MR) is 37.0 cm³/mol. The summed E-state index contributed by atoms with van der Waals surface area (Å²) >= 11 is 0.